The van der Waals surface area contributed by atoms with Crippen molar-refractivity contribution in [3.05, 3.63) is 29.3 Å². The average Bonchev–Trinajstić information content (AvgIpc) is 2.24. The zero-order valence-electron chi connectivity index (χ0n) is 11.8. The summed E-state index contributed by atoms with van der Waals surface area (Å²) in [5, 5.41) is 7.25. The van der Waals surface area contributed by atoms with Crippen molar-refractivity contribution < 1.29 is 13.5 Å². The van der Waals surface area contributed by atoms with Crippen LogP contribution < -0.4 is 10.6 Å². The molecule has 1 aromatic carbocycles. The maximum absolute atomic E-state index is 14.2. The van der Waals surface area contributed by atoms with Crippen molar-refractivity contribution in [1.82, 2.24) is 0 Å². The van der Waals surface area contributed by atoms with E-state index in [0.717, 1.165) is 12.1 Å². The monoisotopic (exact) mass is 283 g/mol. The Balaban J connectivity index is 2.40. The highest BCUT2D eigenvalue weighted by Crippen LogP contribution is 2.30. The zero-order chi connectivity index (χ0) is 15.1. The maximum Gasteiger partial charge on any atom is 0.150 e. The number of halogens is 2. The molecule has 0 spiro atoms. The van der Waals surface area contributed by atoms with Crippen LogP contribution in [0.15, 0.2) is 12.1 Å². The summed E-state index contributed by atoms with van der Waals surface area (Å²) >= 11 is 0. The molecule has 0 saturated carbocycles. The minimum atomic E-state index is -0.708. The third-order valence-corrected chi connectivity index (χ3v) is 3.21. The summed E-state index contributed by atoms with van der Waals surface area (Å²) in [5.41, 5.74) is 4.75. The summed E-state index contributed by atoms with van der Waals surface area (Å²) < 4.78 is 34.0. The lowest BCUT2D eigenvalue weighted by atomic mass is 10.0. The van der Waals surface area contributed by atoms with Gasteiger partial charge in [0.25, 0.3) is 0 Å². The van der Waals surface area contributed by atoms with Crippen LogP contribution >= 0.6 is 0 Å². The molecule has 1 unspecified atom stereocenters. The number of hydrogen-bond acceptors (Lipinski definition) is 3. The van der Waals surface area contributed by atoms with Crippen LogP contribution in [0.2, 0.25) is 0 Å². The predicted molar refractivity (Wildman–Crippen MR) is 74.2 cm³/mol. The highest BCUT2D eigenvalue weighted by molar-refractivity contribution is 5.95. The number of nitrogens with one attached hydrogen (secondary N) is 1. The van der Waals surface area contributed by atoms with Crippen LogP contribution in [-0.4, -0.2) is 30.6 Å². The van der Waals surface area contributed by atoms with Gasteiger partial charge in [-0.2, -0.15) is 0 Å². The molecule has 4 nitrogen and oxygen atoms in total. The standard InChI is InChI=1S/C14H19F2N3O/c1-8-6-19(7-14(2,3)20-8)12-10(15)4-9(13(17)18)5-11(12)16/h4-5,8H,6-7H2,1-3H3,(H3,17,18). The second-order valence-electron chi connectivity index (χ2n) is 5.77. The van der Waals surface area contributed by atoms with Crippen molar-refractivity contribution in [2.45, 2.75) is 32.5 Å². The van der Waals surface area contributed by atoms with E-state index in [0.29, 0.717) is 13.1 Å². The first-order chi connectivity index (χ1) is 9.19. The van der Waals surface area contributed by atoms with Crippen LogP contribution in [0.5, 0.6) is 0 Å². The van der Waals surface area contributed by atoms with E-state index in [2.05, 4.69) is 0 Å². The summed E-state index contributed by atoms with van der Waals surface area (Å²) in [6.07, 6.45) is -0.120. The lowest BCUT2D eigenvalue weighted by Gasteiger charge is -2.43. The molecule has 2 rings (SSSR count). The maximum atomic E-state index is 14.2. The Labute approximate surface area is 117 Å². The molecule has 1 saturated heterocycles. The Morgan fingerprint density at radius 3 is 2.40 bits per heavy atom. The van der Waals surface area contributed by atoms with Gasteiger partial charge in [-0.3, -0.25) is 5.41 Å². The van der Waals surface area contributed by atoms with Gasteiger partial charge >= 0.3 is 0 Å². The van der Waals surface area contributed by atoms with Crippen LogP contribution in [0.4, 0.5) is 14.5 Å². The summed E-state index contributed by atoms with van der Waals surface area (Å²) in [6.45, 7) is 6.44. The molecule has 0 amide bonds. The van der Waals surface area contributed by atoms with Gasteiger partial charge in [0.2, 0.25) is 0 Å². The van der Waals surface area contributed by atoms with E-state index in [1.54, 1.807) is 4.90 Å². The molecule has 1 aliphatic heterocycles. The van der Waals surface area contributed by atoms with E-state index in [1.165, 1.54) is 0 Å². The first-order valence-electron chi connectivity index (χ1n) is 6.46. The molecule has 0 aliphatic carbocycles. The quantitative estimate of drug-likeness (QED) is 0.646. The van der Waals surface area contributed by atoms with Crippen molar-refractivity contribution in [2.75, 3.05) is 18.0 Å². The largest absolute Gasteiger partial charge is 0.384 e. The number of amidine groups is 1. The first-order valence-corrected chi connectivity index (χ1v) is 6.46. The van der Waals surface area contributed by atoms with E-state index in [-0.39, 0.29) is 23.2 Å². The Bertz CT molecular complexity index is 522. The van der Waals surface area contributed by atoms with E-state index in [9.17, 15) is 8.78 Å². The normalized spacial score (nSPS) is 21.9. The third kappa shape index (κ3) is 2.90. The van der Waals surface area contributed by atoms with Gasteiger partial charge < -0.3 is 15.4 Å². The van der Waals surface area contributed by atoms with Gasteiger partial charge in [0.1, 0.15) is 23.2 Å². The summed E-state index contributed by atoms with van der Waals surface area (Å²) in [4.78, 5) is 1.64. The molecule has 20 heavy (non-hydrogen) atoms. The minimum Gasteiger partial charge on any atom is -0.384 e. The van der Waals surface area contributed by atoms with E-state index < -0.39 is 17.2 Å². The summed E-state index contributed by atoms with van der Waals surface area (Å²) in [5.74, 6) is -1.77. The second kappa shape index (κ2) is 5.01. The van der Waals surface area contributed by atoms with Crippen LogP contribution in [-0.2, 0) is 4.74 Å². The van der Waals surface area contributed by atoms with Gasteiger partial charge in [-0.1, -0.05) is 0 Å². The lowest BCUT2D eigenvalue weighted by molar-refractivity contribution is -0.0752. The Kier molecular flexibility index (Phi) is 3.69. The first kappa shape index (κ1) is 14.7. The SMILES string of the molecule is CC1CN(c2c(F)cc(C(=N)N)cc2F)CC(C)(C)O1. The number of hydrogen-bond donors (Lipinski definition) is 2. The van der Waals surface area contributed by atoms with Gasteiger partial charge in [-0.25, -0.2) is 8.78 Å². The molecular weight excluding hydrogens is 264 g/mol. The van der Waals surface area contributed by atoms with Gasteiger partial charge in [0.05, 0.1) is 11.7 Å². The summed E-state index contributed by atoms with van der Waals surface area (Å²) in [7, 11) is 0. The smallest absolute Gasteiger partial charge is 0.150 e. The van der Waals surface area contributed by atoms with Gasteiger partial charge in [0, 0.05) is 18.7 Å². The Morgan fingerprint density at radius 1 is 1.40 bits per heavy atom. The van der Waals surface area contributed by atoms with Crippen molar-refractivity contribution >= 4 is 11.5 Å². The number of ether oxygens (including phenoxy) is 1. The van der Waals surface area contributed by atoms with Crippen molar-refractivity contribution in [1.29, 1.82) is 5.41 Å². The molecule has 1 aromatic rings. The van der Waals surface area contributed by atoms with Crippen molar-refractivity contribution in [3.63, 3.8) is 0 Å². The number of benzene rings is 1. The molecule has 0 radical (unpaired) electrons. The van der Waals surface area contributed by atoms with E-state index in [4.69, 9.17) is 15.9 Å². The molecule has 1 heterocycles. The average molecular weight is 283 g/mol. The number of nitrogens with two attached hydrogens (primary N) is 1. The molecule has 1 fully saturated rings. The molecule has 1 aliphatic rings. The third-order valence-electron chi connectivity index (χ3n) is 3.21. The number of nitrogen functional groups attached to an aromatic ring is 1. The fourth-order valence-corrected chi connectivity index (χ4v) is 2.65. The van der Waals surface area contributed by atoms with Crippen LogP contribution in [0.25, 0.3) is 0 Å². The number of nitrogens with zero attached hydrogens (tertiary/aromatic N) is 1. The number of anilines is 1. The van der Waals surface area contributed by atoms with E-state index in [1.807, 2.05) is 20.8 Å². The molecule has 6 heteroatoms. The van der Waals surface area contributed by atoms with Gasteiger partial charge in [-0.05, 0) is 32.9 Å². The molecule has 110 valence electrons. The number of morpholine rings is 1. The summed E-state index contributed by atoms with van der Waals surface area (Å²) in [6, 6.07) is 2.18. The Hall–Kier alpha value is -1.69. The van der Waals surface area contributed by atoms with E-state index >= 15 is 0 Å². The fourth-order valence-electron chi connectivity index (χ4n) is 2.65. The molecular formula is C14H19F2N3O. The van der Waals surface area contributed by atoms with Gasteiger partial charge in [-0.15, -0.1) is 0 Å². The fraction of sp³-hybridized carbons (Fsp3) is 0.500. The number of rotatable bonds is 2. The van der Waals surface area contributed by atoms with Crippen LogP contribution in [0.1, 0.15) is 26.3 Å². The molecule has 0 bridgehead atoms. The van der Waals surface area contributed by atoms with Crippen molar-refractivity contribution in [3.8, 4) is 0 Å². The zero-order valence-corrected chi connectivity index (χ0v) is 11.8. The highest BCUT2D eigenvalue weighted by Gasteiger charge is 2.33. The van der Waals surface area contributed by atoms with Crippen molar-refractivity contribution in [2.24, 2.45) is 5.73 Å². The second-order valence-corrected chi connectivity index (χ2v) is 5.77. The highest BCUT2D eigenvalue weighted by atomic mass is 19.1. The Morgan fingerprint density at radius 2 is 1.95 bits per heavy atom. The molecule has 3 N–H and O–H groups in total. The van der Waals surface area contributed by atoms with Gasteiger partial charge in [0.15, 0.2) is 0 Å². The minimum absolute atomic E-state index is 0.0457. The predicted octanol–water partition coefficient (Wildman–Crippen LogP) is 2.25. The van der Waals surface area contributed by atoms with Crippen LogP contribution in [0.3, 0.4) is 0 Å². The topological polar surface area (TPSA) is 62.3 Å². The lowest BCUT2D eigenvalue weighted by Crippen LogP contribution is -2.52. The molecule has 0 aromatic heterocycles. The van der Waals surface area contributed by atoms with Crippen LogP contribution in [0, 0.1) is 17.0 Å². The molecule has 1 atom stereocenters.